The van der Waals surface area contributed by atoms with Crippen LogP contribution >= 0.6 is 0 Å². The zero-order chi connectivity index (χ0) is 22.1. The van der Waals surface area contributed by atoms with Crippen LogP contribution in [-0.4, -0.2) is 30.0 Å². The van der Waals surface area contributed by atoms with Crippen molar-refractivity contribution in [1.29, 1.82) is 5.26 Å². The van der Waals surface area contributed by atoms with E-state index in [9.17, 15) is 28.5 Å². The molecule has 0 unspecified atom stereocenters. The van der Waals surface area contributed by atoms with Gasteiger partial charge < -0.3 is 14.8 Å². The third kappa shape index (κ3) is 6.68. The van der Waals surface area contributed by atoms with E-state index in [1.165, 1.54) is 36.4 Å². The molecule has 2 aromatic carbocycles. The van der Waals surface area contributed by atoms with E-state index < -0.39 is 30.0 Å². The van der Waals surface area contributed by atoms with Crippen molar-refractivity contribution in [2.75, 3.05) is 11.9 Å². The van der Waals surface area contributed by atoms with Gasteiger partial charge in [0.15, 0.2) is 6.61 Å². The van der Waals surface area contributed by atoms with Gasteiger partial charge in [0, 0.05) is 18.2 Å². The Morgan fingerprint density at radius 1 is 1.23 bits per heavy atom. The fourth-order valence-corrected chi connectivity index (χ4v) is 2.14. The lowest BCUT2D eigenvalue weighted by Gasteiger charge is -2.07. The molecule has 0 bridgehead atoms. The van der Waals surface area contributed by atoms with Crippen LogP contribution in [0.3, 0.4) is 0 Å². The average Bonchev–Trinajstić information content (AvgIpc) is 2.71. The van der Waals surface area contributed by atoms with E-state index in [2.05, 4.69) is 10.1 Å². The number of nitrogens with one attached hydrogen (secondary N) is 1. The lowest BCUT2D eigenvalue weighted by Crippen LogP contribution is -2.20. The van der Waals surface area contributed by atoms with Gasteiger partial charge in [-0.25, -0.2) is 4.79 Å². The van der Waals surface area contributed by atoms with Crippen LogP contribution in [0.1, 0.15) is 11.1 Å². The van der Waals surface area contributed by atoms with Crippen LogP contribution in [0.4, 0.5) is 20.2 Å². The Balaban J connectivity index is 1.87. The maximum atomic E-state index is 12.1. The molecule has 0 radical (unpaired) electrons. The maximum absolute atomic E-state index is 12.1. The Bertz CT molecular complexity index is 1020. The van der Waals surface area contributed by atoms with Gasteiger partial charge >= 0.3 is 12.6 Å². The fourth-order valence-electron chi connectivity index (χ4n) is 2.14. The van der Waals surface area contributed by atoms with Crippen molar-refractivity contribution in [3.8, 4) is 11.8 Å². The predicted molar refractivity (Wildman–Crippen MR) is 99.5 cm³/mol. The second kappa shape index (κ2) is 10.3. The highest BCUT2D eigenvalue weighted by Gasteiger charge is 2.13. The normalized spacial score (nSPS) is 10.5. The molecule has 0 saturated carbocycles. The fraction of sp³-hybridized carbons (Fsp3) is 0.105. The van der Waals surface area contributed by atoms with Crippen LogP contribution in [0.5, 0.6) is 5.75 Å². The Morgan fingerprint density at radius 2 is 1.93 bits per heavy atom. The molecule has 0 fully saturated rings. The number of ether oxygens (including phenoxy) is 2. The van der Waals surface area contributed by atoms with Crippen molar-refractivity contribution in [2.24, 2.45) is 0 Å². The molecule has 0 aliphatic rings. The van der Waals surface area contributed by atoms with Crippen molar-refractivity contribution in [2.45, 2.75) is 6.61 Å². The molecule has 0 aliphatic carbocycles. The summed E-state index contributed by atoms with van der Waals surface area (Å²) in [6, 6.07) is 10.5. The zero-order valence-electron chi connectivity index (χ0n) is 15.1. The molecule has 154 valence electrons. The summed E-state index contributed by atoms with van der Waals surface area (Å²) in [5, 5.41) is 22.1. The third-order valence-corrected chi connectivity index (χ3v) is 3.47. The van der Waals surface area contributed by atoms with E-state index in [4.69, 9.17) is 10.00 Å². The number of esters is 1. The SMILES string of the molecule is N#Cc1cc([N+](=O)[O-])ccc1NC(=O)COC(=O)C=Cc1ccc(OC(F)F)cc1. The van der Waals surface area contributed by atoms with Gasteiger partial charge in [0.1, 0.15) is 11.8 Å². The molecule has 11 heteroatoms. The highest BCUT2D eigenvalue weighted by Crippen LogP contribution is 2.21. The van der Waals surface area contributed by atoms with Crippen molar-refractivity contribution in [1.82, 2.24) is 0 Å². The van der Waals surface area contributed by atoms with Crippen LogP contribution < -0.4 is 10.1 Å². The van der Waals surface area contributed by atoms with Crippen LogP contribution in [0.2, 0.25) is 0 Å². The summed E-state index contributed by atoms with van der Waals surface area (Å²) >= 11 is 0. The number of alkyl halides is 2. The topological polar surface area (TPSA) is 132 Å². The summed E-state index contributed by atoms with van der Waals surface area (Å²) in [5.74, 6) is -1.64. The minimum atomic E-state index is -2.94. The number of carbonyl (C=O) groups is 2. The van der Waals surface area contributed by atoms with E-state index in [-0.39, 0.29) is 22.7 Å². The molecule has 0 atom stereocenters. The molecular formula is C19H13F2N3O6. The summed E-state index contributed by atoms with van der Waals surface area (Å²) in [4.78, 5) is 33.6. The second-order valence-electron chi connectivity index (χ2n) is 5.54. The zero-order valence-corrected chi connectivity index (χ0v) is 15.1. The Hall–Kier alpha value is -4.33. The smallest absolute Gasteiger partial charge is 0.387 e. The summed E-state index contributed by atoms with van der Waals surface area (Å²) in [5.41, 5.74) is 0.103. The quantitative estimate of drug-likeness (QED) is 0.302. The van der Waals surface area contributed by atoms with Crippen molar-refractivity contribution in [3.05, 3.63) is 69.8 Å². The van der Waals surface area contributed by atoms with Crippen LogP contribution in [0, 0.1) is 21.4 Å². The lowest BCUT2D eigenvalue weighted by molar-refractivity contribution is -0.384. The number of hydrogen-bond acceptors (Lipinski definition) is 7. The van der Waals surface area contributed by atoms with E-state index in [0.29, 0.717) is 5.56 Å². The van der Waals surface area contributed by atoms with Crippen molar-refractivity contribution < 1.29 is 32.8 Å². The van der Waals surface area contributed by atoms with E-state index >= 15 is 0 Å². The van der Waals surface area contributed by atoms with E-state index in [1.54, 1.807) is 6.07 Å². The van der Waals surface area contributed by atoms with Crippen molar-refractivity contribution >= 4 is 29.3 Å². The van der Waals surface area contributed by atoms with Gasteiger partial charge in [-0.1, -0.05) is 12.1 Å². The molecule has 0 aromatic heterocycles. The lowest BCUT2D eigenvalue weighted by atomic mass is 10.1. The molecule has 2 aromatic rings. The maximum Gasteiger partial charge on any atom is 0.387 e. The summed E-state index contributed by atoms with van der Waals surface area (Å²) in [6.07, 6.45) is 2.37. The molecule has 1 N–H and O–H groups in total. The third-order valence-electron chi connectivity index (χ3n) is 3.47. The van der Waals surface area contributed by atoms with Gasteiger partial charge in [-0.2, -0.15) is 14.0 Å². The molecule has 9 nitrogen and oxygen atoms in total. The largest absolute Gasteiger partial charge is 0.452 e. The molecule has 2 rings (SSSR count). The first-order valence-corrected chi connectivity index (χ1v) is 8.16. The molecule has 0 aliphatic heterocycles. The van der Waals surface area contributed by atoms with Crippen LogP contribution in [-0.2, 0) is 14.3 Å². The predicted octanol–water partition coefficient (Wildman–Crippen LogP) is 3.26. The number of amides is 1. The molecule has 0 spiro atoms. The number of nitro benzene ring substituents is 1. The highest BCUT2D eigenvalue weighted by molar-refractivity contribution is 5.95. The number of nitrogens with zero attached hydrogens (tertiary/aromatic N) is 2. The monoisotopic (exact) mass is 417 g/mol. The molecule has 30 heavy (non-hydrogen) atoms. The number of benzene rings is 2. The Labute approximate surface area is 168 Å². The van der Waals surface area contributed by atoms with Crippen molar-refractivity contribution in [3.63, 3.8) is 0 Å². The standard InChI is InChI=1S/C19H13F2N3O6/c20-19(21)30-15-5-1-12(2-6-15)3-8-18(26)29-11-17(25)23-16-7-4-14(24(27)28)9-13(16)10-22/h1-9,19H,11H2,(H,23,25). The molecule has 0 saturated heterocycles. The number of hydrogen-bond donors (Lipinski definition) is 1. The number of carbonyl (C=O) groups excluding carboxylic acids is 2. The molecule has 1 amide bonds. The van der Waals surface area contributed by atoms with Gasteiger partial charge in [-0.15, -0.1) is 0 Å². The minimum absolute atomic E-state index is 0.0331. The van der Waals surface area contributed by atoms with Gasteiger partial charge in [-0.05, 0) is 29.8 Å². The van der Waals surface area contributed by atoms with Gasteiger partial charge in [0.25, 0.3) is 11.6 Å². The first kappa shape index (κ1) is 22.0. The van der Waals surface area contributed by atoms with E-state index in [0.717, 1.165) is 18.2 Å². The summed E-state index contributed by atoms with van der Waals surface area (Å²) in [6.45, 7) is -3.60. The first-order valence-electron chi connectivity index (χ1n) is 8.16. The first-order chi connectivity index (χ1) is 14.3. The number of rotatable bonds is 8. The number of anilines is 1. The minimum Gasteiger partial charge on any atom is -0.452 e. The van der Waals surface area contributed by atoms with Gasteiger partial charge in [-0.3, -0.25) is 14.9 Å². The van der Waals surface area contributed by atoms with Gasteiger partial charge in [0.05, 0.1) is 16.2 Å². The Morgan fingerprint density at radius 3 is 2.53 bits per heavy atom. The number of non-ortho nitro benzene ring substituents is 1. The number of halogens is 2. The summed E-state index contributed by atoms with van der Waals surface area (Å²) in [7, 11) is 0. The second-order valence-corrected chi connectivity index (χ2v) is 5.54. The Kier molecular flexibility index (Phi) is 7.53. The van der Waals surface area contributed by atoms with Gasteiger partial charge in [0.2, 0.25) is 0 Å². The number of nitro groups is 1. The molecule has 0 heterocycles. The highest BCUT2D eigenvalue weighted by atomic mass is 19.3. The van der Waals surface area contributed by atoms with E-state index in [1.807, 2.05) is 0 Å². The molecular weight excluding hydrogens is 404 g/mol. The number of nitriles is 1. The average molecular weight is 417 g/mol. The van der Waals surface area contributed by atoms with Crippen LogP contribution in [0.25, 0.3) is 6.08 Å². The van der Waals surface area contributed by atoms with Crippen LogP contribution in [0.15, 0.2) is 48.5 Å². The summed E-state index contributed by atoms with van der Waals surface area (Å²) < 4.78 is 33.1.